The van der Waals surface area contributed by atoms with E-state index in [0.29, 0.717) is 18.0 Å². The Bertz CT molecular complexity index is 910. The van der Waals surface area contributed by atoms with Crippen molar-refractivity contribution >= 4 is 33.4 Å². The number of hydrogen-bond donors (Lipinski definition) is 1. The lowest BCUT2D eigenvalue weighted by molar-refractivity contribution is -0.136. The predicted molar refractivity (Wildman–Crippen MR) is 114 cm³/mol. The first-order valence-electron chi connectivity index (χ1n) is 10.2. The second-order valence-electron chi connectivity index (χ2n) is 7.94. The molecule has 0 bridgehead atoms. The summed E-state index contributed by atoms with van der Waals surface area (Å²) in [7, 11) is 0. The molecule has 29 heavy (non-hydrogen) atoms. The molecule has 0 aromatic heterocycles. The van der Waals surface area contributed by atoms with Crippen LogP contribution in [0.3, 0.4) is 0 Å². The van der Waals surface area contributed by atoms with E-state index in [0.717, 1.165) is 22.0 Å². The first-order chi connectivity index (χ1) is 14.0. The highest BCUT2D eigenvalue weighted by Crippen LogP contribution is 2.38. The van der Waals surface area contributed by atoms with Gasteiger partial charge in [0, 0.05) is 22.1 Å². The van der Waals surface area contributed by atoms with Gasteiger partial charge in [-0.2, -0.15) is 0 Å². The summed E-state index contributed by atoms with van der Waals surface area (Å²) in [5.41, 5.74) is 2.29. The van der Waals surface area contributed by atoms with Crippen LogP contribution in [0, 0.1) is 11.7 Å². The van der Waals surface area contributed by atoms with Crippen LogP contribution in [-0.4, -0.2) is 23.3 Å². The van der Waals surface area contributed by atoms with Crippen LogP contribution in [0.25, 0.3) is 0 Å². The Morgan fingerprint density at radius 3 is 2.59 bits per heavy atom. The third-order valence-electron chi connectivity index (χ3n) is 5.96. The number of rotatable bonds is 4. The summed E-state index contributed by atoms with van der Waals surface area (Å²) in [6, 6.07) is 11.3. The first kappa shape index (κ1) is 20.1. The van der Waals surface area contributed by atoms with Crippen LogP contribution < -0.4 is 5.32 Å². The third-order valence-corrected chi connectivity index (χ3v) is 6.45. The van der Waals surface area contributed by atoms with E-state index < -0.39 is 6.04 Å². The number of carbonyl (C=O) groups is 2. The third kappa shape index (κ3) is 4.53. The van der Waals surface area contributed by atoms with Crippen LogP contribution in [0.1, 0.15) is 55.7 Å². The zero-order chi connectivity index (χ0) is 20.4. The van der Waals surface area contributed by atoms with Gasteiger partial charge in [-0.05, 0) is 48.2 Å². The van der Waals surface area contributed by atoms with Crippen LogP contribution in [0.15, 0.2) is 46.9 Å². The Morgan fingerprint density at radius 1 is 1.14 bits per heavy atom. The largest absolute Gasteiger partial charge is 0.324 e. The number of benzene rings is 2. The van der Waals surface area contributed by atoms with Crippen molar-refractivity contribution in [3.8, 4) is 0 Å². The molecule has 1 N–H and O–H groups in total. The molecule has 4 nitrogen and oxygen atoms in total. The Hall–Kier alpha value is -2.21. The molecule has 2 amide bonds. The summed E-state index contributed by atoms with van der Waals surface area (Å²) in [6.07, 6.45) is 6.14. The standard InChI is InChI=1S/C23H24BrFN2O2/c24-17-8-11-20-19(13-17)23(16-6-9-18(25)10-7-16)27(14-21(28)26-20)22(29)12-5-15-3-1-2-4-15/h6-11,13,15,23H,1-5,12,14H2,(H,26,28)/t23-/m0/s1. The Kier molecular flexibility index (Phi) is 5.99. The van der Waals surface area contributed by atoms with Crippen molar-refractivity contribution in [1.82, 2.24) is 4.90 Å². The molecule has 152 valence electrons. The van der Waals surface area contributed by atoms with Crippen LogP contribution >= 0.6 is 15.9 Å². The van der Waals surface area contributed by atoms with Gasteiger partial charge in [0.15, 0.2) is 0 Å². The van der Waals surface area contributed by atoms with E-state index in [1.54, 1.807) is 17.0 Å². The minimum atomic E-state index is -0.446. The zero-order valence-electron chi connectivity index (χ0n) is 16.2. The normalized spacial score (nSPS) is 19.6. The molecule has 2 aliphatic rings. The van der Waals surface area contributed by atoms with Gasteiger partial charge < -0.3 is 10.2 Å². The number of fused-ring (bicyclic) bond motifs is 1. The van der Waals surface area contributed by atoms with Crippen molar-refractivity contribution in [2.45, 2.75) is 44.6 Å². The van der Waals surface area contributed by atoms with Crippen LogP contribution in [0.5, 0.6) is 0 Å². The van der Waals surface area contributed by atoms with Crippen molar-refractivity contribution in [3.05, 3.63) is 63.9 Å². The monoisotopic (exact) mass is 458 g/mol. The molecule has 2 aromatic rings. The van der Waals surface area contributed by atoms with E-state index in [9.17, 15) is 14.0 Å². The van der Waals surface area contributed by atoms with Crippen LogP contribution in [-0.2, 0) is 9.59 Å². The first-order valence-corrected chi connectivity index (χ1v) is 10.9. The van der Waals surface area contributed by atoms with Crippen molar-refractivity contribution in [3.63, 3.8) is 0 Å². The molecular weight excluding hydrogens is 435 g/mol. The molecule has 0 spiro atoms. The van der Waals surface area contributed by atoms with E-state index in [-0.39, 0.29) is 24.2 Å². The molecule has 1 heterocycles. The summed E-state index contributed by atoms with van der Waals surface area (Å²) in [5.74, 6) is 0.0252. The van der Waals surface area contributed by atoms with Gasteiger partial charge in [0.25, 0.3) is 0 Å². The number of anilines is 1. The van der Waals surface area contributed by atoms with Crippen LogP contribution in [0.2, 0.25) is 0 Å². The van der Waals surface area contributed by atoms with E-state index in [2.05, 4.69) is 21.2 Å². The lowest BCUT2D eigenvalue weighted by atomic mass is 9.95. The number of carbonyl (C=O) groups excluding carboxylic acids is 2. The molecule has 0 saturated heterocycles. The van der Waals surface area contributed by atoms with Gasteiger partial charge in [-0.15, -0.1) is 0 Å². The Labute approximate surface area is 178 Å². The molecule has 1 aliphatic heterocycles. The fourth-order valence-electron chi connectivity index (χ4n) is 4.48. The topological polar surface area (TPSA) is 49.4 Å². The van der Waals surface area contributed by atoms with Gasteiger partial charge in [-0.25, -0.2) is 4.39 Å². The molecule has 6 heteroatoms. The Morgan fingerprint density at radius 2 is 1.86 bits per heavy atom. The van der Waals surface area contributed by atoms with Crippen molar-refractivity contribution in [2.24, 2.45) is 5.92 Å². The quantitative estimate of drug-likeness (QED) is 0.663. The van der Waals surface area contributed by atoms with E-state index >= 15 is 0 Å². The number of nitrogens with zero attached hydrogens (tertiary/aromatic N) is 1. The average molecular weight is 459 g/mol. The van der Waals surface area contributed by atoms with Crippen molar-refractivity contribution < 1.29 is 14.0 Å². The number of halogens is 2. The minimum Gasteiger partial charge on any atom is -0.324 e. The highest BCUT2D eigenvalue weighted by molar-refractivity contribution is 9.10. The molecule has 1 saturated carbocycles. The summed E-state index contributed by atoms with van der Waals surface area (Å²) in [4.78, 5) is 27.5. The van der Waals surface area contributed by atoms with Crippen LogP contribution in [0.4, 0.5) is 10.1 Å². The van der Waals surface area contributed by atoms with Gasteiger partial charge >= 0.3 is 0 Å². The minimum absolute atomic E-state index is 0.0160. The molecule has 1 atom stereocenters. The number of nitrogens with one attached hydrogen (secondary N) is 1. The zero-order valence-corrected chi connectivity index (χ0v) is 17.8. The second-order valence-corrected chi connectivity index (χ2v) is 8.86. The van der Waals surface area contributed by atoms with Crippen molar-refractivity contribution in [2.75, 3.05) is 11.9 Å². The molecule has 2 aromatic carbocycles. The molecule has 1 fully saturated rings. The lowest BCUT2D eigenvalue weighted by Crippen LogP contribution is -2.39. The van der Waals surface area contributed by atoms with Gasteiger partial charge in [0.1, 0.15) is 12.4 Å². The maximum absolute atomic E-state index is 13.6. The van der Waals surface area contributed by atoms with Gasteiger partial charge in [-0.3, -0.25) is 9.59 Å². The fourth-order valence-corrected chi connectivity index (χ4v) is 4.86. The highest BCUT2D eigenvalue weighted by Gasteiger charge is 2.33. The SMILES string of the molecule is O=C1CN(C(=O)CCC2CCCC2)[C@@H](c2ccc(F)cc2)c2cc(Br)ccc2N1. The molecule has 1 aliphatic carbocycles. The summed E-state index contributed by atoms with van der Waals surface area (Å²) >= 11 is 3.50. The van der Waals surface area contributed by atoms with E-state index in [4.69, 9.17) is 0 Å². The second kappa shape index (κ2) is 8.66. The maximum Gasteiger partial charge on any atom is 0.244 e. The molecule has 0 radical (unpaired) electrons. The maximum atomic E-state index is 13.6. The average Bonchev–Trinajstić information content (AvgIpc) is 3.17. The summed E-state index contributed by atoms with van der Waals surface area (Å²) in [5, 5.41) is 2.92. The van der Waals surface area contributed by atoms with E-state index in [1.807, 2.05) is 18.2 Å². The predicted octanol–water partition coefficient (Wildman–Crippen LogP) is 5.43. The molecular formula is C23H24BrFN2O2. The Balaban J connectivity index is 1.70. The van der Waals surface area contributed by atoms with Gasteiger partial charge in [0.2, 0.25) is 11.8 Å². The fraction of sp³-hybridized carbons (Fsp3) is 0.391. The smallest absolute Gasteiger partial charge is 0.244 e. The highest BCUT2D eigenvalue weighted by atomic mass is 79.9. The van der Waals surface area contributed by atoms with Crippen molar-refractivity contribution in [1.29, 1.82) is 0 Å². The molecule has 4 rings (SSSR count). The summed E-state index contributed by atoms with van der Waals surface area (Å²) < 4.78 is 14.4. The van der Waals surface area contributed by atoms with Gasteiger partial charge in [-0.1, -0.05) is 53.7 Å². The number of amides is 2. The lowest BCUT2D eigenvalue weighted by Gasteiger charge is -2.31. The summed E-state index contributed by atoms with van der Waals surface area (Å²) in [6.45, 7) is -0.0160. The number of hydrogen-bond acceptors (Lipinski definition) is 2. The van der Waals surface area contributed by atoms with Gasteiger partial charge in [0.05, 0.1) is 6.04 Å². The molecule has 0 unspecified atom stereocenters. The van der Waals surface area contributed by atoms with E-state index in [1.165, 1.54) is 37.8 Å².